The van der Waals surface area contributed by atoms with Crippen molar-refractivity contribution in [3.05, 3.63) is 156 Å². The van der Waals surface area contributed by atoms with Gasteiger partial charge in [-0.05, 0) is 68.7 Å². The molecule has 50 heavy (non-hydrogen) atoms. The maximum atomic E-state index is 15.0. The third-order valence-corrected chi connectivity index (χ3v) is 10.2. The fourth-order valence-electron chi connectivity index (χ4n) is 6.55. The summed E-state index contributed by atoms with van der Waals surface area (Å²) in [5.41, 5.74) is 4.84. The quantitative estimate of drug-likeness (QED) is 0.0800. The summed E-state index contributed by atoms with van der Waals surface area (Å²) in [5, 5.41) is 4.54. The highest BCUT2D eigenvalue weighted by Crippen LogP contribution is 2.39. The molecule has 2 heterocycles. The van der Waals surface area contributed by atoms with Crippen molar-refractivity contribution in [3.63, 3.8) is 0 Å². The van der Waals surface area contributed by atoms with Gasteiger partial charge in [0.25, 0.3) is 0 Å². The summed E-state index contributed by atoms with van der Waals surface area (Å²) in [4.78, 5) is 9.27. The molecule has 0 atom stereocenters. The lowest BCUT2D eigenvalue weighted by Gasteiger charge is -2.14. The van der Waals surface area contributed by atoms with E-state index in [1.54, 1.807) is 41.7 Å². The van der Waals surface area contributed by atoms with Gasteiger partial charge in [-0.15, -0.1) is 11.3 Å². The highest BCUT2D eigenvalue weighted by atomic mass is 32.1. The highest BCUT2D eigenvalue weighted by molar-refractivity contribution is 7.21. The molecule has 0 unspecified atom stereocenters. The number of hydrogen-bond donors (Lipinski definition) is 0. The molecule has 0 spiro atoms. The van der Waals surface area contributed by atoms with Gasteiger partial charge in [0.2, 0.25) is 5.82 Å². The summed E-state index contributed by atoms with van der Waals surface area (Å²) in [5.74, 6) is -10.1. The second-order valence-corrected chi connectivity index (χ2v) is 13.1. The first kappa shape index (κ1) is 30.1. The Balaban J connectivity index is 1.08. The average Bonchev–Trinajstić information content (AvgIpc) is 3.60. The number of thiazole rings is 1. The van der Waals surface area contributed by atoms with E-state index in [2.05, 4.69) is 53.5 Å². The minimum atomic E-state index is -2.21. The summed E-state index contributed by atoms with van der Waals surface area (Å²) >= 11 is 1.67. The number of halogens is 5. The van der Waals surface area contributed by atoms with Crippen molar-refractivity contribution in [3.8, 4) is 44.1 Å². The summed E-state index contributed by atoms with van der Waals surface area (Å²) in [7, 11) is 0. The van der Waals surface area contributed by atoms with E-state index >= 15 is 8.78 Å². The first-order valence-corrected chi connectivity index (χ1v) is 16.5. The van der Waals surface area contributed by atoms with Crippen LogP contribution in [0.15, 0.2) is 127 Å². The molecule has 0 saturated heterocycles. The molecule has 0 aliphatic rings. The smallest absolute Gasteiger partial charge is 0.200 e. The molecule has 9 rings (SSSR count). The standard InChI is InChI=1S/C42H21F5N2S/c43-36-35(37(44)39(46)40(47)38(36)45)41-31-6-2-1-5-29(31)30-18-17-28(21-33(30)48-41)27-16-15-25-19-24(13-14-26(25)20-27)22-9-11-23(12-10-22)42-49-32-7-3-4-8-34(32)50-42/h1-21H. The fourth-order valence-corrected chi connectivity index (χ4v) is 7.52. The van der Waals surface area contributed by atoms with Crippen LogP contribution in [0.25, 0.3) is 86.7 Å². The van der Waals surface area contributed by atoms with Crippen LogP contribution in [0.2, 0.25) is 0 Å². The third kappa shape index (κ3) is 4.82. The lowest BCUT2D eigenvalue weighted by molar-refractivity contribution is 0.381. The first-order valence-electron chi connectivity index (χ1n) is 15.7. The second kappa shape index (κ2) is 11.6. The van der Waals surface area contributed by atoms with Crippen molar-refractivity contribution in [2.45, 2.75) is 0 Å². The van der Waals surface area contributed by atoms with Crippen molar-refractivity contribution < 1.29 is 22.0 Å². The largest absolute Gasteiger partial charge is 0.247 e. The van der Waals surface area contributed by atoms with Gasteiger partial charge in [-0.3, -0.25) is 0 Å². The Labute approximate surface area is 285 Å². The molecular weight excluding hydrogens is 660 g/mol. The Morgan fingerprint density at radius 3 is 1.64 bits per heavy atom. The zero-order valence-corrected chi connectivity index (χ0v) is 26.6. The molecule has 240 valence electrons. The number of pyridine rings is 1. The predicted molar refractivity (Wildman–Crippen MR) is 191 cm³/mol. The number of rotatable bonds is 4. The fraction of sp³-hybridized carbons (Fsp3) is 0. The molecule has 8 heteroatoms. The first-order chi connectivity index (χ1) is 24.3. The molecule has 0 bridgehead atoms. The van der Waals surface area contributed by atoms with E-state index < -0.39 is 34.6 Å². The topological polar surface area (TPSA) is 25.8 Å². The van der Waals surface area contributed by atoms with Crippen LogP contribution in [0.5, 0.6) is 0 Å². The Bertz CT molecular complexity index is 2770. The minimum absolute atomic E-state index is 0.267. The van der Waals surface area contributed by atoms with Gasteiger partial charge < -0.3 is 0 Å². The highest BCUT2D eigenvalue weighted by Gasteiger charge is 2.29. The molecular formula is C42H21F5N2S. The molecule has 0 aliphatic carbocycles. The van der Waals surface area contributed by atoms with Crippen molar-refractivity contribution in [2.24, 2.45) is 0 Å². The maximum absolute atomic E-state index is 15.0. The number of hydrogen-bond acceptors (Lipinski definition) is 3. The van der Waals surface area contributed by atoms with E-state index in [9.17, 15) is 13.2 Å². The van der Waals surface area contributed by atoms with Gasteiger partial charge in [-0.1, -0.05) is 97.1 Å². The van der Waals surface area contributed by atoms with Crippen molar-refractivity contribution in [1.82, 2.24) is 9.97 Å². The van der Waals surface area contributed by atoms with Crippen LogP contribution in [-0.2, 0) is 0 Å². The van der Waals surface area contributed by atoms with Gasteiger partial charge in [0.1, 0.15) is 5.01 Å². The van der Waals surface area contributed by atoms with E-state index in [0.717, 1.165) is 53.8 Å². The number of para-hydroxylation sites is 1. The summed E-state index contributed by atoms with van der Waals surface area (Å²) in [6.07, 6.45) is 0. The van der Waals surface area contributed by atoms with Gasteiger partial charge in [0.05, 0.1) is 27.0 Å². The second-order valence-electron chi connectivity index (χ2n) is 12.0. The Morgan fingerprint density at radius 1 is 0.400 bits per heavy atom. The average molecular weight is 681 g/mol. The molecule has 2 nitrogen and oxygen atoms in total. The van der Waals surface area contributed by atoms with E-state index in [-0.39, 0.29) is 11.1 Å². The SMILES string of the molecule is Fc1c(F)c(F)c(-c2nc3cc(-c4ccc5cc(-c6ccc(-c7nc8ccccc8s7)cc6)ccc5c4)ccc3c3ccccc23)c(F)c1F. The summed E-state index contributed by atoms with van der Waals surface area (Å²) < 4.78 is 73.6. The lowest BCUT2D eigenvalue weighted by Crippen LogP contribution is -2.05. The van der Waals surface area contributed by atoms with Crippen molar-refractivity contribution in [1.29, 1.82) is 0 Å². The monoisotopic (exact) mass is 680 g/mol. The third-order valence-electron chi connectivity index (χ3n) is 9.08. The molecule has 9 aromatic rings. The van der Waals surface area contributed by atoms with Crippen LogP contribution >= 0.6 is 11.3 Å². The van der Waals surface area contributed by atoms with Crippen LogP contribution < -0.4 is 0 Å². The van der Waals surface area contributed by atoms with Crippen LogP contribution in [0.4, 0.5) is 22.0 Å². The van der Waals surface area contributed by atoms with Gasteiger partial charge >= 0.3 is 0 Å². The molecule has 0 amide bonds. The number of benzene rings is 7. The normalized spacial score (nSPS) is 11.7. The maximum Gasteiger partial charge on any atom is 0.200 e. The minimum Gasteiger partial charge on any atom is -0.247 e. The lowest BCUT2D eigenvalue weighted by atomic mass is 9.95. The molecule has 0 aliphatic heterocycles. The molecule has 2 aromatic heterocycles. The molecule has 0 fully saturated rings. The molecule has 0 saturated carbocycles. The van der Waals surface area contributed by atoms with E-state index in [1.165, 1.54) is 0 Å². The molecule has 0 N–H and O–H groups in total. The van der Waals surface area contributed by atoms with E-state index in [4.69, 9.17) is 4.98 Å². The van der Waals surface area contributed by atoms with Gasteiger partial charge in [0, 0.05) is 16.3 Å². The van der Waals surface area contributed by atoms with Gasteiger partial charge in [-0.25, -0.2) is 31.9 Å². The molecule has 7 aromatic carbocycles. The number of fused-ring (bicyclic) bond motifs is 5. The number of nitrogens with zero attached hydrogens (tertiary/aromatic N) is 2. The zero-order chi connectivity index (χ0) is 34.1. The van der Waals surface area contributed by atoms with Crippen molar-refractivity contribution >= 4 is 54.0 Å². The van der Waals surface area contributed by atoms with Gasteiger partial charge in [-0.2, -0.15) is 0 Å². The van der Waals surface area contributed by atoms with Crippen LogP contribution in [0.1, 0.15) is 0 Å². The van der Waals surface area contributed by atoms with E-state index in [1.807, 2.05) is 48.5 Å². The van der Waals surface area contributed by atoms with Crippen molar-refractivity contribution in [2.75, 3.05) is 0 Å². The van der Waals surface area contributed by atoms with Crippen LogP contribution in [-0.4, -0.2) is 9.97 Å². The Hall–Kier alpha value is -5.99. The number of aromatic nitrogens is 2. The van der Waals surface area contributed by atoms with Gasteiger partial charge in [0.15, 0.2) is 23.3 Å². The Kier molecular flexibility index (Phi) is 6.96. The Morgan fingerprint density at radius 2 is 0.940 bits per heavy atom. The summed E-state index contributed by atoms with van der Waals surface area (Å²) in [6.45, 7) is 0. The molecule has 0 radical (unpaired) electrons. The predicted octanol–water partition coefficient (Wildman–Crippen LogP) is 12.5. The zero-order valence-electron chi connectivity index (χ0n) is 25.8. The van der Waals surface area contributed by atoms with Crippen LogP contribution in [0, 0.1) is 29.1 Å². The van der Waals surface area contributed by atoms with E-state index in [0.29, 0.717) is 16.3 Å². The van der Waals surface area contributed by atoms with Crippen LogP contribution in [0.3, 0.4) is 0 Å². The summed E-state index contributed by atoms with van der Waals surface area (Å²) in [6, 6.07) is 41.0.